The van der Waals surface area contributed by atoms with E-state index in [0.29, 0.717) is 31.3 Å². The monoisotopic (exact) mass is 436 g/mol. The predicted octanol–water partition coefficient (Wildman–Crippen LogP) is 7.25. The van der Waals surface area contributed by atoms with Crippen LogP contribution in [-0.4, -0.2) is 23.7 Å². The van der Waals surface area contributed by atoms with Gasteiger partial charge in [-0.3, -0.25) is 9.59 Å². The Morgan fingerprint density at radius 2 is 1.42 bits per heavy atom. The normalized spacial score (nSPS) is 31.3. The number of unbranched alkanes of at least 4 members (excludes halogenated alkanes) is 5. The molecule has 2 aliphatic rings. The number of carbonyl (C=O) groups is 2. The summed E-state index contributed by atoms with van der Waals surface area (Å²) in [6, 6.07) is 0. The van der Waals surface area contributed by atoms with Crippen LogP contribution in [0.1, 0.15) is 117 Å². The van der Waals surface area contributed by atoms with Gasteiger partial charge in [-0.2, -0.15) is 0 Å². The third-order valence-corrected chi connectivity index (χ3v) is 8.18. The molecule has 4 heteroatoms. The van der Waals surface area contributed by atoms with E-state index in [0.717, 1.165) is 24.7 Å². The quantitative estimate of drug-likeness (QED) is 0.244. The van der Waals surface area contributed by atoms with Crippen molar-refractivity contribution in [3.63, 3.8) is 0 Å². The molecule has 6 atom stereocenters. The smallest absolute Gasteiger partial charge is 0.309 e. The van der Waals surface area contributed by atoms with Gasteiger partial charge < -0.3 is 9.84 Å². The maximum atomic E-state index is 12.7. The van der Waals surface area contributed by atoms with E-state index >= 15 is 0 Å². The van der Waals surface area contributed by atoms with Gasteiger partial charge in [0, 0.05) is 0 Å². The molecule has 0 aromatic rings. The summed E-state index contributed by atoms with van der Waals surface area (Å²) in [6.45, 7) is 7.36. The van der Waals surface area contributed by atoms with Crippen molar-refractivity contribution >= 4 is 11.9 Å². The molecule has 0 aromatic heterocycles. The first-order chi connectivity index (χ1) is 15.0. The molecule has 0 bridgehead atoms. The number of hydrogen-bond donors (Lipinski definition) is 1. The number of carbonyl (C=O) groups excluding carboxylic acids is 1. The minimum Gasteiger partial charge on any atom is -0.481 e. The van der Waals surface area contributed by atoms with Crippen molar-refractivity contribution in [1.82, 2.24) is 0 Å². The van der Waals surface area contributed by atoms with E-state index in [2.05, 4.69) is 20.8 Å². The van der Waals surface area contributed by atoms with Crippen molar-refractivity contribution in [2.75, 3.05) is 6.61 Å². The minimum atomic E-state index is -0.838. The Morgan fingerprint density at radius 1 is 0.806 bits per heavy atom. The number of ether oxygens (including phenoxy) is 1. The molecule has 0 saturated heterocycles. The SMILES string of the molecule is CCCCCCCC1CC(COC(=O)C2CCCCC2C(=O)O)C(C)CC1CCCC. The number of carboxylic acid groups (broad SMARTS) is 1. The number of aliphatic carboxylic acids is 1. The molecular weight excluding hydrogens is 388 g/mol. The van der Waals surface area contributed by atoms with Gasteiger partial charge in [0.05, 0.1) is 18.4 Å². The highest BCUT2D eigenvalue weighted by Gasteiger charge is 2.39. The maximum Gasteiger partial charge on any atom is 0.309 e. The molecule has 0 radical (unpaired) electrons. The predicted molar refractivity (Wildman–Crippen MR) is 126 cm³/mol. The lowest BCUT2D eigenvalue weighted by Crippen LogP contribution is -2.37. The summed E-state index contributed by atoms with van der Waals surface area (Å²) in [4.78, 5) is 24.3. The summed E-state index contributed by atoms with van der Waals surface area (Å²) in [7, 11) is 0. The van der Waals surface area contributed by atoms with E-state index in [4.69, 9.17) is 4.74 Å². The van der Waals surface area contributed by atoms with E-state index < -0.39 is 17.8 Å². The van der Waals surface area contributed by atoms with E-state index in [9.17, 15) is 14.7 Å². The Hall–Kier alpha value is -1.06. The molecule has 2 aliphatic carbocycles. The highest BCUT2D eigenvalue weighted by Crippen LogP contribution is 2.43. The molecule has 180 valence electrons. The molecule has 4 nitrogen and oxygen atoms in total. The van der Waals surface area contributed by atoms with Crippen molar-refractivity contribution in [3.8, 4) is 0 Å². The summed E-state index contributed by atoms with van der Waals surface area (Å²) in [5, 5.41) is 9.48. The molecule has 1 N–H and O–H groups in total. The van der Waals surface area contributed by atoms with Crippen LogP contribution in [-0.2, 0) is 14.3 Å². The molecule has 0 heterocycles. The third-order valence-electron chi connectivity index (χ3n) is 8.18. The maximum absolute atomic E-state index is 12.7. The van der Waals surface area contributed by atoms with Gasteiger partial charge in [0.2, 0.25) is 0 Å². The second-order valence-corrected chi connectivity index (χ2v) is 10.5. The van der Waals surface area contributed by atoms with Gasteiger partial charge in [-0.1, -0.05) is 91.4 Å². The first-order valence-corrected chi connectivity index (χ1v) is 13.4. The van der Waals surface area contributed by atoms with E-state index in [-0.39, 0.29) is 5.97 Å². The van der Waals surface area contributed by atoms with Crippen molar-refractivity contribution < 1.29 is 19.4 Å². The van der Waals surface area contributed by atoms with Crippen molar-refractivity contribution in [2.45, 2.75) is 117 Å². The molecule has 0 aliphatic heterocycles. The molecule has 31 heavy (non-hydrogen) atoms. The Morgan fingerprint density at radius 3 is 2.10 bits per heavy atom. The van der Waals surface area contributed by atoms with Crippen LogP contribution < -0.4 is 0 Å². The van der Waals surface area contributed by atoms with Crippen molar-refractivity contribution in [2.24, 2.45) is 35.5 Å². The third kappa shape index (κ3) is 8.42. The lowest BCUT2D eigenvalue weighted by Gasteiger charge is -2.40. The average Bonchev–Trinajstić information content (AvgIpc) is 2.77. The number of esters is 1. The molecule has 2 rings (SSSR count). The van der Waals surface area contributed by atoms with Gasteiger partial charge in [0.1, 0.15) is 0 Å². The summed E-state index contributed by atoms with van der Waals surface area (Å²) in [5.41, 5.74) is 0. The van der Waals surface area contributed by atoms with Crippen molar-refractivity contribution in [3.05, 3.63) is 0 Å². The summed E-state index contributed by atoms with van der Waals surface area (Å²) < 4.78 is 5.79. The fourth-order valence-electron chi connectivity index (χ4n) is 6.10. The van der Waals surface area contributed by atoms with Crippen LogP contribution in [0.4, 0.5) is 0 Å². The molecule has 2 fully saturated rings. The van der Waals surface area contributed by atoms with Crippen LogP contribution in [0.3, 0.4) is 0 Å². The fourth-order valence-corrected chi connectivity index (χ4v) is 6.10. The van der Waals surface area contributed by atoms with E-state index in [1.54, 1.807) is 0 Å². The Labute approximate surface area is 190 Å². The van der Waals surface area contributed by atoms with Gasteiger partial charge >= 0.3 is 11.9 Å². The summed E-state index contributed by atoms with van der Waals surface area (Å²) >= 11 is 0. The second kappa shape index (κ2) is 14.2. The summed E-state index contributed by atoms with van der Waals surface area (Å²) in [5.74, 6) is 0.480. The summed E-state index contributed by atoms with van der Waals surface area (Å²) in [6.07, 6.45) is 17.4. The van der Waals surface area contributed by atoms with Crippen LogP contribution in [0, 0.1) is 35.5 Å². The lowest BCUT2D eigenvalue weighted by atomic mass is 9.66. The number of carboxylic acids is 1. The highest BCUT2D eigenvalue weighted by atomic mass is 16.5. The first-order valence-electron chi connectivity index (χ1n) is 13.4. The van der Waals surface area contributed by atoms with Gasteiger partial charge in [0.15, 0.2) is 0 Å². The van der Waals surface area contributed by atoms with E-state index in [1.165, 1.54) is 70.6 Å². The van der Waals surface area contributed by atoms with Crippen LogP contribution >= 0.6 is 0 Å². The zero-order chi connectivity index (χ0) is 22.6. The second-order valence-electron chi connectivity index (χ2n) is 10.5. The lowest BCUT2D eigenvalue weighted by molar-refractivity contribution is -0.161. The largest absolute Gasteiger partial charge is 0.481 e. The Bertz CT molecular complexity index is 531. The van der Waals surface area contributed by atoms with Gasteiger partial charge in [-0.15, -0.1) is 0 Å². The average molecular weight is 437 g/mol. The van der Waals surface area contributed by atoms with Gasteiger partial charge in [-0.05, 0) is 49.4 Å². The highest BCUT2D eigenvalue weighted by molar-refractivity contribution is 5.81. The number of hydrogen-bond acceptors (Lipinski definition) is 3. The Kier molecular flexibility index (Phi) is 12.0. The molecule has 2 saturated carbocycles. The van der Waals surface area contributed by atoms with Crippen LogP contribution in [0.5, 0.6) is 0 Å². The van der Waals surface area contributed by atoms with Gasteiger partial charge in [0.25, 0.3) is 0 Å². The Balaban J connectivity index is 1.88. The topological polar surface area (TPSA) is 63.6 Å². The van der Waals surface area contributed by atoms with Crippen LogP contribution in [0.25, 0.3) is 0 Å². The molecular formula is C27H48O4. The molecule has 0 amide bonds. The number of rotatable bonds is 13. The first kappa shape index (κ1) is 26.2. The molecule has 0 spiro atoms. The van der Waals surface area contributed by atoms with Gasteiger partial charge in [-0.25, -0.2) is 0 Å². The van der Waals surface area contributed by atoms with E-state index in [1.807, 2.05) is 0 Å². The standard InChI is InChI=1S/C27H48O4/c1-4-6-8-9-10-14-22-18-23(20(3)17-21(22)13-7-5-2)19-31-27(30)25-16-12-11-15-24(25)26(28)29/h20-25H,4-19H2,1-3H3,(H,28,29). The zero-order valence-electron chi connectivity index (χ0n) is 20.4. The fraction of sp³-hybridized carbons (Fsp3) is 0.926. The molecule has 6 unspecified atom stereocenters. The minimum absolute atomic E-state index is 0.261. The molecule has 0 aromatic carbocycles. The van der Waals surface area contributed by atoms with Crippen molar-refractivity contribution in [1.29, 1.82) is 0 Å². The van der Waals surface area contributed by atoms with Crippen LogP contribution in [0.15, 0.2) is 0 Å². The zero-order valence-corrected chi connectivity index (χ0v) is 20.4. The van der Waals surface area contributed by atoms with Crippen LogP contribution in [0.2, 0.25) is 0 Å².